The lowest BCUT2D eigenvalue weighted by Crippen LogP contribution is -2.29. The number of nitro benzene ring substituents is 1. The largest absolute Gasteiger partial charge is 0.496 e. The van der Waals surface area contributed by atoms with E-state index in [9.17, 15) is 20.0 Å². The molecule has 0 aliphatic heterocycles. The highest BCUT2D eigenvalue weighted by molar-refractivity contribution is 6.33. The molecule has 1 atom stereocenters. The van der Waals surface area contributed by atoms with Crippen molar-refractivity contribution in [1.29, 1.82) is 0 Å². The topological polar surface area (TPSA) is 117 Å². The van der Waals surface area contributed by atoms with Gasteiger partial charge in [0.15, 0.2) is 0 Å². The van der Waals surface area contributed by atoms with Crippen molar-refractivity contribution in [3.63, 3.8) is 0 Å². The molecule has 0 radical (unpaired) electrons. The zero-order chi connectivity index (χ0) is 21.0. The SMILES string of the molecule is COc1ccccc1COC[C@@H](O)Cn1cnc2cc(Cl)c([N+](=O)[O-])cc2c1=O. The van der Waals surface area contributed by atoms with Crippen LogP contribution in [0.25, 0.3) is 10.9 Å². The van der Waals surface area contributed by atoms with E-state index >= 15 is 0 Å². The highest BCUT2D eigenvalue weighted by atomic mass is 35.5. The molecule has 0 amide bonds. The molecule has 0 bridgehead atoms. The van der Waals surface area contributed by atoms with Crippen molar-refractivity contribution < 1.29 is 19.5 Å². The third-order valence-electron chi connectivity index (χ3n) is 4.26. The van der Waals surface area contributed by atoms with Crippen molar-refractivity contribution in [3.8, 4) is 5.75 Å². The van der Waals surface area contributed by atoms with Gasteiger partial charge in [0.2, 0.25) is 0 Å². The highest BCUT2D eigenvalue weighted by Crippen LogP contribution is 2.27. The molecule has 152 valence electrons. The van der Waals surface area contributed by atoms with Crippen molar-refractivity contribution in [1.82, 2.24) is 9.55 Å². The first kappa shape index (κ1) is 20.7. The fourth-order valence-corrected chi connectivity index (χ4v) is 3.07. The third kappa shape index (κ3) is 4.70. The van der Waals surface area contributed by atoms with E-state index in [0.717, 1.165) is 11.6 Å². The Morgan fingerprint density at radius 1 is 1.34 bits per heavy atom. The first-order valence-electron chi connectivity index (χ1n) is 8.61. The van der Waals surface area contributed by atoms with Gasteiger partial charge >= 0.3 is 0 Å². The quantitative estimate of drug-likeness (QED) is 0.440. The standard InChI is InChI=1S/C19H18ClN3O6/c1-28-18-5-3-2-4-12(18)9-29-10-13(24)8-22-11-21-16-7-15(20)17(23(26)27)6-14(16)19(22)25/h2-7,11,13,24H,8-10H2,1H3/t13-/m0/s1. The van der Waals surface area contributed by atoms with E-state index in [1.807, 2.05) is 18.2 Å². The molecule has 3 aromatic rings. The maximum absolute atomic E-state index is 12.6. The number of ether oxygens (including phenoxy) is 2. The van der Waals surface area contributed by atoms with Crippen LogP contribution in [0.4, 0.5) is 5.69 Å². The van der Waals surface area contributed by atoms with Gasteiger partial charge in [-0.15, -0.1) is 0 Å². The average molecular weight is 420 g/mol. The summed E-state index contributed by atoms with van der Waals surface area (Å²) < 4.78 is 11.9. The molecule has 3 rings (SSSR count). The summed E-state index contributed by atoms with van der Waals surface area (Å²) in [4.78, 5) is 27.1. The van der Waals surface area contributed by atoms with E-state index in [0.29, 0.717) is 5.75 Å². The predicted octanol–water partition coefficient (Wildman–Crippen LogP) is 2.54. The predicted molar refractivity (Wildman–Crippen MR) is 106 cm³/mol. The van der Waals surface area contributed by atoms with Crippen molar-refractivity contribution in [2.45, 2.75) is 19.3 Å². The fourth-order valence-electron chi connectivity index (χ4n) is 2.85. The molecule has 10 heteroatoms. The minimum atomic E-state index is -0.982. The van der Waals surface area contributed by atoms with Gasteiger partial charge in [-0.3, -0.25) is 19.5 Å². The van der Waals surface area contributed by atoms with Crippen molar-refractivity contribution in [2.24, 2.45) is 0 Å². The van der Waals surface area contributed by atoms with Gasteiger partial charge in [-0.2, -0.15) is 0 Å². The number of benzene rings is 2. The van der Waals surface area contributed by atoms with E-state index in [1.165, 1.54) is 17.0 Å². The normalized spacial score (nSPS) is 12.1. The van der Waals surface area contributed by atoms with Crippen LogP contribution in [0.3, 0.4) is 0 Å². The van der Waals surface area contributed by atoms with Crippen LogP contribution in [-0.2, 0) is 17.9 Å². The van der Waals surface area contributed by atoms with Crippen molar-refractivity contribution >= 4 is 28.2 Å². The van der Waals surface area contributed by atoms with Gasteiger partial charge in [0.05, 0.1) is 55.1 Å². The lowest BCUT2D eigenvalue weighted by Gasteiger charge is -2.14. The van der Waals surface area contributed by atoms with E-state index in [1.54, 1.807) is 13.2 Å². The number of aliphatic hydroxyl groups is 1. The summed E-state index contributed by atoms with van der Waals surface area (Å²) in [5.74, 6) is 0.678. The number of halogens is 1. The molecule has 9 nitrogen and oxygen atoms in total. The Labute approximate surface area is 170 Å². The van der Waals surface area contributed by atoms with E-state index in [4.69, 9.17) is 21.1 Å². The number of nitrogens with zero attached hydrogens (tertiary/aromatic N) is 3. The maximum atomic E-state index is 12.6. The Balaban J connectivity index is 1.70. The number of rotatable bonds is 8. The molecule has 1 heterocycles. The van der Waals surface area contributed by atoms with Gasteiger partial charge in [-0.25, -0.2) is 4.98 Å². The summed E-state index contributed by atoms with van der Waals surface area (Å²) in [6.45, 7) is 0.129. The molecule has 0 saturated heterocycles. The summed E-state index contributed by atoms with van der Waals surface area (Å²) in [6.07, 6.45) is 0.278. The van der Waals surface area contributed by atoms with E-state index in [2.05, 4.69) is 4.98 Å². The fraction of sp³-hybridized carbons (Fsp3) is 0.263. The lowest BCUT2D eigenvalue weighted by molar-refractivity contribution is -0.384. The summed E-state index contributed by atoms with van der Waals surface area (Å²) in [7, 11) is 1.56. The van der Waals surface area contributed by atoms with Crippen LogP contribution < -0.4 is 10.3 Å². The van der Waals surface area contributed by atoms with Crippen LogP contribution in [-0.4, -0.2) is 39.4 Å². The molecular weight excluding hydrogens is 402 g/mol. The number of aliphatic hydroxyl groups excluding tert-OH is 1. The van der Waals surface area contributed by atoms with Crippen molar-refractivity contribution in [2.75, 3.05) is 13.7 Å². The molecule has 1 N–H and O–H groups in total. The number of para-hydroxylation sites is 1. The monoisotopic (exact) mass is 419 g/mol. The van der Waals surface area contributed by atoms with Crippen LogP contribution in [0.5, 0.6) is 5.75 Å². The van der Waals surface area contributed by atoms with Gasteiger partial charge in [0.1, 0.15) is 10.8 Å². The minimum Gasteiger partial charge on any atom is -0.496 e. The van der Waals surface area contributed by atoms with E-state index < -0.39 is 16.6 Å². The second kappa shape index (κ2) is 8.99. The lowest BCUT2D eigenvalue weighted by atomic mass is 10.2. The van der Waals surface area contributed by atoms with E-state index in [-0.39, 0.29) is 41.4 Å². The van der Waals surface area contributed by atoms with Crippen LogP contribution in [0.2, 0.25) is 5.02 Å². The molecular formula is C19H18ClN3O6. The number of aromatic nitrogens is 2. The molecule has 0 saturated carbocycles. The zero-order valence-corrected chi connectivity index (χ0v) is 16.2. The van der Waals surface area contributed by atoms with Gasteiger partial charge in [-0.05, 0) is 12.1 Å². The summed E-state index contributed by atoms with van der Waals surface area (Å²) >= 11 is 5.85. The Kier molecular flexibility index (Phi) is 6.42. The Morgan fingerprint density at radius 3 is 2.83 bits per heavy atom. The molecule has 29 heavy (non-hydrogen) atoms. The van der Waals surface area contributed by atoms with Crippen LogP contribution in [0.1, 0.15) is 5.56 Å². The first-order chi connectivity index (χ1) is 13.9. The van der Waals surface area contributed by atoms with Crippen LogP contribution >= 0.6 is 11.6 Å². The number of methoxy groups -OCH3 is 1. The molecule has 0 aliphatic rings. The second-order valence-corrected chi connectivity index (χ2v) is 6.67. The van der Waals surface area contributed by atoms with Crippen molar-refractivity contribution in [3.05, 3.63) is 73.8 Å². The second-order valence-electron chi connectivity index (χ2n) is 6.26. The molecule has 1 aromatic heterocycles. The Morgan fingerprint density at radius 2 is 2.10 bits per heavy atom. The number of nitro groups is 1. The summed E-state index contributed by atoms with van der Waals surface area (Å²) in [6, 6.07) is 9.71. The Bertz CT molecular complexity index is 1100. The van der Waals surface area contributed by atoms with Crippen LogP contribution in [0.15, 0.2) is 47.5 Å². The zero-order valence-electron chi connectivity index (χ0n) is 15.4. The smallest absolute Gasteiger partial charge is 0.288 e. The van der Waals surface area contributed by atoms with Crippen LogP contribution in [0, 0.1) is 10.1 Å². The average Bonchev–Trinajstić information content (AvgIpc) is 2.70. The highest BCUT2D eigenvalue weighted by Gasteiger charge is 2.17. The van der Waals surface area contributed by atoms with Gasteiger partial charge in [0, 0.05) is 11.6 Å². The van der Waals surface area contributed by atoms with Gasteiger partial charge in [0.25, 0.3) is 11.2 Å². The van der Waals surface area contributed by atoms with Gasteiger partial charge < -0.3 is 14.6 Å². The number of hydrogen-bond donors (Lipinski definition) is 1. The molecule has 0 unspecified atom stereocenters. The molecule has 0 spiro atoms. The number of fused-ring (bicyclic) bond motifs is 1. The first-order valence-corrected chi connectivity index (χ1v) is 8.99. The Hall–Kier alpha value is -3.01. The summed E-state index contributed by atoms with van der Waals surface area (Å²) in [5.41, 5.74) is 0.176. The summed E-state index contributed by atoms with van der Waals surface area (Å²) in [5, 5.41) is 21.2. The molecule has 0 aliphatic carbocycles. The third-order valence-corrected chi connectivity index (χ3v) is 4.56. The number of hydrogen-bond acceptors (Lipinski definition) is 7. The van der Waals surface area contributed by atoms with Gasteiger partial charge in [-0.1, -0.05) is 29.8 Å². The molecule has 0 fully saturated rings. The minimum absolute atomic E-state index is 0.0245. The maximum Gasteiger partial charge on any atom is 0.288 e. The molecule has 2 aromatic carbocycles.